The first-order chi connectivity index (χ1) is 11.3. The van der Waals surface area contributed by atoms with Gasteiger partial charge in [-0.15, -0.1) is 0 Å². The van der Waals surface area contributed by atoms with Crippen molar-refractivity contribution in [1.82, 2.24) is 19.1 Å². The van der Waals surface area contributed by atoms with Gasteiger partial charge >= 0.3 is 0 Å². The second kappa shape index (κ2) is 7.29. The number of hydrogen-bond donors (Lipinski definition) is 2. The summed E-state index contributed by atoms with van der Waals surface area (Å²) in [4.78, 5) is 11.7. The molecule has 0 aliphatic carbocycles. The molecule has 0 fully saturated rings. The van der Waals surface area contributed by atoms with Crippen molar-refractivity contribution >= 4 is 10.0 Å². The number of sulfonamides is 1. The predicted octanol–water partition coefficient (Wildman–Crippen LogP) is 0.0209. The third-order valence-corrected chi connectivity index (χ3v) is 5.37. The second-order valence-corrected chi connectivity index (χ2v) is 7.22. The van der Waals surface area contributed by atoms with Gasteiger partial charge in [0.05, 0.1) is 24.0 Å². The van der Waals surface area contributed by atoms with E-state index in [0.29, 0.717) is 17.9 Å². The van der Waals surface area contributed by atoms with Gasteiger partial charge in [-0.05, 0) is 26.8 Å². The number of pyridine rings is 1. The highest BCUT2D eigenvalue weighted by Crippen LogP contribution is 2.19. The Morgan fingerprint density at radius 3 is 2.62 bits per heavy atom. The quantitative estimate of drug-likeness (QED) is 0.729. The molecule has 2 aromatic rings. The fourth-order valence-electron chi connectivity index (χ4n) is 2.56. The van der Waals surface area contributed by atoms with Gasteiger partial charge in [-0.1, -0.05) is 6.07 Å². The molecule has 0 radical (unpaired) electrons. The van der Waals surface area contributed by atoms with Gasteiger partial charge in [-0.25, -0.2) is 13.1 Å². The van der Waals surface area contributed by atoms with Crippen molar-refractivity contribution in [2.24, 2.45) is 0 Å². The van der Waals surface area contributed by atoms with Gasteiger partial charge in [0.25, 0.3) is 5.56 Å². The minimum Gasteiger partial charge on any atom is -0.390 e. The number of hydrogen-bond acceptors (Lipinski definition) is 5. The van der Waals surface area contributed by atoms with Gasteiger partial charge in [0.1, 0.15) is 4.90 Å². The van der Waals surface area contributed by atoms with E-state index in [1.807, 2.05) is 6.92 Å². The maximum atomic E-state index is 12.5. The normalized spacial score (nSPS) is 13.2. The first-order valence-electron chi connectivity index (χ1n) is 7.63. The molecule has 0 aliphatic rings. The number of rotatable bonds is 7. The first-order valence-corrected chi connectivity index (χ1v) is 9.11. The minimum atomic E-state index is -3.79. The molecule has 0 saturated heterocycles. The maximum Gasteiger partial charge on any atom is 0.250 e. The lowest BCUT2D eigenvalue weighted by molar-refractivity contribution is 0.156. The molecule has 0 spiro atoms. The molecule has 8 nitrogen and oxygen atoms in total. The molecule has 0 saturated carbocycles. The lowest BCUT2D eigenvalue weighted by Crippen LogP contribution is -2.36. The summed E-state index contributed by atoms with van der Waals surface area (Å²) >= 11 is 0. The molecular formula is C15H22N4O4S. The van der Waals surface area contributed by atoms with E-state index in [1.54, 1.807) is 36.9 Å². The van der Waals surface area contributed by atoms with Crippen LogP contribution in [0.5, 0.6) is 0 Å². The van der Waals surface area contributed by atoms with Gasteiger partial charge in [-0.2, -0.15) is 5.10 Å². The van der Waals surface area contributed by atoms with E-state index in [4.69, 9.17) is 0 Å². The topological polar surface area (TPSA) is 106 Å². The SMILES string of the molecule is CCn1nc(C)c(S(=O)(=O)NCC(O)Cn2ccccc2=O)c1C. The Hall–Kier alpha value is -1.97. The second-order valence-electron chi connectivity index (χ2n) is 5.51. The molecule has 132 valence electrons. The zero-order chi connectivity index (χ0) is 17.9. The van der Waals surface area contributed by atoms with Crippen LogP contribution in [0.2, 0.25) is 0 Å². The monoisotopic (exact) mass is 354 g/mol. The fourth-order valence-corrected chi connectivity index (χ4v) is 4.04. The van der Waals surface area contributed by atoms with Crippen LogP contribution in [0, 0.1) is 13.8 Å². The Kier molecular flexibility index (Phi) is 5.58. The summed E-state index contributed by atoms with van der Waals surface area (Å²) in [6, 6.07) is 4.65. The van der Waals surface area contributed by atoms with Crippen LogP contribution in [0.25, 0.3) is 0 Å². The lowest BCUT2D eigenvalue weighted by atomic mass is 10.3. The van der Waals surface area contributed by atoms with E-state index in [1.165, 1.54) is 10.6 Å². The van der Waals surface area contributed by atoms with Crippen molar-refractivity contribution in [3.05, 3.63) is 46.1 Å². The van der Waals surface area contributed by atoms with Crippen LogP contribution in [0.15, 0.2) is 34.1 Å². The zero-order valence-electron chi connectivity index (χ0n) is 13.9. The summed E-state index contributed by atoms with van der Waals surface area (Å²) in [7, 11) is -3.79. The molecule has 0 aliphatic heterocycles. The average Bonchev–Trinajstić information content (AvgIpc) is 2.82. The maximum absolute atomic E-state index is 12.5. The van der Waals surface area contributed by atoms with Gasteiger partial charge in [0.2, 0.25) is 10.0 Å². The molecule has 0 bridgehead atoms. The van der Waals surface area contributed by atoms with Crippen molar-refractivity contribution in [2.75, 3.05) is 6.54 Å². The Labute approximate surface area is 140 Å². The Morgan fingerprint density at radius 2 is 2.04 bits per heavy atom. The number of aryl methyl sites for hydroxylation is 2. The summed E-state index contributed by atoms with van der Waals surface area (Å²) in [5.74, 6) is 0. The molecule has 1 unspecified atom stereocenters. The summed E-state index contributed by atoms with van der Waals surface area (Å²) in [5, 5.41) is 14.2. The van der Waals surface area contributed by atoms with Crippen LogP contribution in [0.4, 0.5) is 0 Å². The standard InChI is InChI=1S/C15H22N4O4S/c1-4-19-12(3)15(11(2)17-19)24(22,23)16-9-13(20)10-18-8-6-5-7-14(18)21/h5-8,13,16,20H,4,9-10H2,1-3H3. The molecule has 9 heteroatoms. The highest BCUT2D eigenvalue weighted by Gasteiger charge is 2.24. The van der Waals surface area contributed by atoms with Gasteiger partial charge in [0.15, 0.2) is 0 Å². The van der Waals surface area contributed by atoms with E-state index in [9.17, 15) is 18.3 Å². The van der Waals surface area contributed by atoms with E-state index < -0.39 is 16.1 Å². The zero-order valence-corrected chi connectivity index (χ0v) is 14.7. The van der Waals surface area contributed by atoms with Crippen LogP contribution in [0.1, 0.15) is 18.3 Å². The van der Waals surface area contributed by atoms with Crippen LogP contribution in [-0.2, 0) is 23.1 Å². The van der Waals surface area contributed by atoms with E-state index >= 15 is 0 Å². The van der Waals surface area contributed by atoms with Crippen molar-refractivity contribution in [3.8, 4) is 0 Å². The first kappa shape index (κ1) is 18.4. The number of nitrogens with one attached hydrogen (secondary N) is 1. The Morgan fingerprint density at radius 1 is 1.33 bits per heavy atom. The van der Waals surface area contributed by atoms with E-state index in [-0.39, 0.29) is 23.5 Å². The van der Waals surface area contributed by atoms with Crippen molar-refractivity contribution in [1.29, 1.82) is 0 Å². The number of nitrogens with zero attached hydrogens (tertiary/aromatic N) is 3. The Bertz CT molecular complexity index is 870. The van der Waals surface area contributed by atoms with Crippen LogP contribution >= 0.6 is 0 Å². The minimum absolute atomic E-state index is 0.00831. The largest absolute Gasteiger partial charge is 0.390 e. The van der Waals surface area contributed by atoms with Crippen molar-refractivity contribution in [2.45, 2.75) is 44.9 Å². The van der Waals surface area contributed by atoms with E-state index in [0.717, 1.165) is 0 Å². The molecule has 2 heterocycles. The van der Waals surface area contributed by atoms with Crippen LogP contribution in [0.3, 0.4) is 0 Å². The lowest BCUT2D eigenvalue weighted by Gasteiger charge is -2.14. The summed E-state index contributed by atoms with van der Waals surface area (Å²) in [5.41, 5.74) is 0.710. The van der Waals surface area contributed by atoms with Crippen molar-refractivity contribution in [3.63, 3.8) is 0 Å². The highest BCUT2D eigenvalue weighted by molar-refractivity contribution is 7.89. The van der Waals surface area contributed by atoms with Crippen molar-refractivity contribution < 1.29 is 13.5 Å². The number of aliphatic hydroxyl groups is 1. The molecule has 2 rings (SSSR count). The van der Waals surface area contributed by atoms with Crippen LogP contribution < -0.4 is 10.3 Å². The van der Waals surface area contributed by atoms with E-state index in [2.05, 4.69) is 9.82 Å². The Balaban J connectivity index is 2.09. The third-order valence-electron chi connectivity index (χ3n) is 3.70. The van der Waals surface area contributed by atoms with Crippen LogP contribution in [-0.4, -0.2) is 40.5 Å². The highest BCUT2D eigenvalue weighted by atomic mass is 32.2. The number of aromatic nitrogens is 3. The summed E-state index contributed by atoms with van der Waals surface area (Å²) in [6.07, 6.45) is 0.515. The smallest absolute Gasteiger partial charge is 0.250 e. The number of aliphatic hydroxyl groups excluding tert-OH is 1. The fraction of sp³-hybridized carbons (Fsp3) is 0.467. The van der Waals surface area contributed by atoms with Gasteiger partial charge in [-0.3, -0.25) is 9.48 Å². The average molecular weight is 354 g/mol. The third kappa shape index (κ3) is 3.92. The molecule has 2 aromatic heterocycles. The molecule has 0 amide bonds. The summed E-state index contributed by atoms with van der Waals surface area (Å²) < 4.78 is 30.3. The molecule has 1 atom stereocenters. The molecular weight excluding hydrogens is 332 g/mol. The molecule has 2 N–H and O–H groups in total. The predicted molar refractivity (Wildman–Crippen MR) is 89.3 cm³/mol. The summed E-state index contributed by atoms with van der Waals surface area (Å²) in [6.45, 7) is 5.59. The molecule has 24 heavy (non-hydrogen) atoms. The van der Waals surface area contributed by atoms with Gasteiger partial charge in [0, 0.05) is 25.4 Å². The van der Waals surface area contributed by atoms with Gasteiger partial charge < -0.3 is 9.67 Å². The molecule has 0 aromatic carbocycles.